The Morgan fingerprint density at radius 2 is 1.80 bits per heavy atom. The molecule has 0 radical (unpaired) electrons. The van der Waals surface area contributed by atoms with Crippen LogP contribution < -0.4 is 15.1 Å². The summed E-state index contributed by atoms with van der Waals surface area (Å²) in [5, 5.41) is 4.24. The molecule has 1 aromatic carbocycles. The molecule has 2 aliphatic heterocycles. The van der Waals surface area contributed by atoms with E-state index in [4.69, 9.17) is 17.0 Å². The molecular weight excluding hydrogens is 480 g/mol. The maximum absolute atomic E-state index is 5.79. The number of hydrogen-bond donors (Lipinski definition) is 1. The Morgan fingerprint density at radius 3 is 2.47 bits per heavy atom. The smallest absolute Gasteiger partial charge is 0.174 e. The summed E-state index contributed by atoms with van der Waals surface area (Å²) in [5.74, 6) is 0. The normalized spacial score (nSPS) is 21.7. The van der Waals surface area contributed by atoms with Crippen LogP contribution in [0.4, 0.5) is 11.4 Å². The van der Waals surface area contributed by atoms with Gasteiger partial charge in [-0.1, -0.05) is 6.07 Å². The molecule has 0 amide bonds. The minimum absolute atomic E-state index is 0.0110. The topological polar surface area (TPSA) is 40.6 Å². The Hall–Kier alpha value is -2.00. The van der Waals surface area contributed by atoms with Crippen molar-refractivity contribution in [2.75, 3.05) is 36.1 Å². The Morgan fingerprint density at radius 1 is 1.03 bits per heavy atom. The number of benzene rings is 1. The summed E-state index contributed by atoms with van der Waals surface area (Å²) in [6.07, 6.45) is 1.83. The second-order valence-corrected chi connectivity index (χ2v) is 10.1. The van der Waals surface area contributed by atoms with Gasteiger partial charge >= 0.3 is 0 Å². The van der Waals surface area contributed by atoms with Gasteiger partial charge < -0.3 is 19.9 Å². The Kier molecular flexibility index (Phi) is 5.73. The van der Waals surface area contributed by atoms with E-state index in [0.29, 0.717) is 0 Å². The first-order valence-electron chi connectivity index (χ1n) is 9.89. The standard InChI is InChI=1S/C22H21BrN4OS2/c23-19-9-8-18(30-19)21-20(17-3-1-2-10-24-17)25-22(29)27(21)16-6-4-15(5-7-16)26-11-13-28-14-12-26/h1-10,20-21H,11-14H2,(H,25,29)/t20-,21-/m1/s1. The second kappa shape index (κ2) is 8.63. The molecule has 0 unspecified atom stereocenters. The van der Waals surface area contributed by atoms with Gasteiger partial charge in [0.2, 0.25) is 0 Å². The minimum Gasteiger partial charge on any atom is -0.378 e. The molecule has 0 aliphatic carbocycles. The highest BCUT2D eigenvalue weighted by molar-refractivity contribution is 9.11. The number of thiocarbonyl (C=S) groups is 1. The lowest BCUT2D eigenvalue weighted by Gasteiger charge is -2.30. The van der Waals surface area contributed by atoms with Gasteiger partial charge in [-0.2, -0.15) is 0 Å². The molecular formula is C22H21BrN4OS2. The van der Waals surface area contributed by atoms with Crippen LogP contribution in [-0.2, 0) is 4.74 Å². The number of anilines is 2. The van der Waals surface area contributed by atoms with Crippen molar-refractivity contribution in [2.45, 2.75) is 12.1 Å². The highest BCUT2D eigenvalue weighted by Gasteiger charge is 2.41. The lowest BCUT2D eigenvalue weighted by Crippen LogP contribution is -2.36. The van der Waals surface area contributed by atoms with Gasteiger partial charge in [-0.3, -0.25) is 4.98 Å². The van der Waals surface area contributed by atoms with Gasteiger partial charge in [0.15, 0.2) is 5.11 Å². The van der Waals surface area contributed by atoms with Crippen molar-refractivity contribution < 1.29 is 4.74 Å². The van der Waals surface area contributed by atoms with Crippen LogP contribution in [0.15, 0.2) is 64.6 Å². The van der Waals surface area contributed by atoms with Crippen LogP contribution in [-0.4, -0.2) is 36.4 Å². The fraction of sp³-hybridized carbons (Fsp3) is 0.273. The van der Waals surface area contributed by atoms with Crippen molar-refractivity contribution in [1.29, 1.82) is 0 Å². The first kappa shape index (κ1) is 19.9. The monoisotopic (exact) mass is 500 g/mol. The maximum atomic E-state index is 5.79. The van der Waals surface area contributed by atoms with Gasteiger partial charge in [-0.15, -0.1) is 11.3 Å². The van der Waals surface area contributed by atoms with Gasteiger partial charge in [-0.25, -0.2) is 0 Å². The number of nitrogens with zero attached hydrogens (tertiary/aromatic N) is 3. The maximum Gasteiger partial charge on any atom is 0.174 e. The number of pyridine rings is 1. The van der Waals surface area contributed by atoms with E-state index in [0.717, 1.165) is 46.6 Å². The Labute approximate surface area is 193 Å². The number of aromatic nitrogens is 1. The highest BCUT2D eigenvalue weighted by atomic mass is 79.9. The largest absolute Gasteiger partial charge is 0.378 e. The zero-order valence-corrected chi connectivity index (χ0v) is 19.4. The average Bonchev–Trinajstić information content (AvgIpc) is 3.38. The van der Waals surface area contributed by atoms with Crippen LogP contribution in [0, 0.1) is 0 Å². The number of ether oxygens (including phenoxy) is 1. The van der Waals surface area contributed by atoms with Crippen molar-refractivity contribution in [3.05, 3.63) is 75.2 Å². The first-order valence-corrected chi connectivity index (χ1v) is 11.9. The molecule has 0 saturated carbocycles. The molecule has 3 aromatic rings. The molecule has 30 heavy (non-hydrogen) atoms. The minimum atomic E-state index is -0.0110. The van der Waals surface area contributed by atoms with Gasteiger partial charge in [0.25, 0.3) is 0 Å². The van der Waals surface area contributed by atoms with E-state index in [-0.39, 0.29) is 12.1 Å². The third-order valence-electron chi connectivity index (χ3n) is 5.49. The lowest BCUT2D eigenvalue weighted by atomic mass is 10.0. The van der Waals surface area contributed by atoms with Crippen molar-refractivity contribution in [3.63, 3.8) is 0 Å². The molecule has 0 spiro atoms. The van der Waals surface area contributed by atoms with Crippen LogP contribution >= 0.6 is 39.5 Å². The Balaban J connectivity index is 1.50. The predicted octanol–water partition coefficient (Wildman–Crippen LogP) is 4.92. The second-order valence-electron chi connectivity index (χ2n) is 7.25. The molecule has 8 heteroatoms. The van der Waals surface area contributed by atoms with E-state index in [9.17, 15) is 0 Å². The Bertz CT molecular complexity index is 1020. The molecule has 0 bridgehead atoms. The van der Waals surface area contributed by atoms with E-state index in [1.165, 1.54) is 10.6 Å². The number of rotatable bonds is 4. The molecule has 2 aromatic heterocycles. The molecule has 2 atom stereocenters. The van der Waals surface area contributed by atoms with E-state index >= 15 is 0 Å². The number of hydrogen-bond acceptors (Lipinski definition) is 5. The summed E-state index contributed by atoms with van der Waals surface area (Å²) < 4.78 is 6.58. The van der Waals surface area contributed by atoms with Crippen molar-refractivity contribution in [2.24, 2.45) is 0 Å². The summed E-state index contributed by atoms with van der Waals surface area (Å²) in [6.45, 7) is 3.42. The summed E-state index contributed by atoms with van der Waals surface area (Å²) in [7, 11) is 0. The first-order chi connectivity index (χ1) is 14.7. The van der Waals surface area contributed by atoms with E-state index in [1.54, 1.807) is 11.3 Å². The molecule has 2 saturated heterocycles. The SMILES string of the molecule is S=C1N[C@H](c2ccccn2)[C@@H](c2ccc(Br)s2)N1c1ccc(N2CCOCC2)cc1. The van der Waals surface area contributed by atoms with Crippen LogP contribution in [0.2, 0.25) is 0 Å². The summed E-state index contributed by atoms with van der Waals surface area (Å²) in [5.41, 5.74) is 3.29. The van der Waals surface area contributed by atoms with Gasteiger partial charge in [0.1, 0.15) is 0 Å². The predicted molar refractivity (Wildman–Crippen MR) is 129 cm³/mol. The zero-order valence-electron chi connectivity index (χ0n) is 16.2. The van der Waals surface area contributed by atoms with Crippen LogP contribution in [0.25, 0.3) is 0 Å². The van der Waals surface area contributed by atoms with Crippen molar-refractivity contribution >= 4 is 56.0 Å². The third-order valence-corrected chi connectivity index (χ3v) is 7.50. The molecule has 4 heterocycles. The van der Waals surface area contributed by atoms with E-state index in [1.807, 2.05) is 18.3 Å². The molecule has 5 nitrogen and oxygen atoms in total. The van der Waals surface area contributed by atoms with Crippen molar-refractivity contribution in [1.82, 2.24) is 10.3 Å². The number of halogens is 1. The van der Waals surface area contributed by atoms with Crippen LogP contribution in [0.1, 0.15) is 22.7 Å². The van der Waals surface area contributed by atoms with E-state index in [2.05, 4.69) is 78.5 Å². The van der Waals surface area contributed by atoms with Gasteiger partial charge in [-0.05, 0) is 76.7 Å². The average molecular weight is 501 g/mol. The number of thiophene rings is 1. The molecule has 1 N–H and O–H groups in total. The highest BCUT2D eigenvalue weighted by Crippen LogP contribution is 2.44. The van der Waals surface area contributed by atoms with Crippen LogP contribution in [0.3, 0.4) is 0 Å². The molecule has 154 valence electrons. The molecule has 2 aliphatic rings. The summed E-state index contributed by atoms with van der Waals surface area (Å²) in [6, 6.07) is 19.0. The molecule has 5 rings (SSSR count). The van der Waals surface area contributed by atoms with Crippen molar-refractivity contribution in [3.8, 4) is 0 Å². The fourth-order valence-electron chi connectivity index (χ4n) is 4.05. The lowest BCUT2D eigenvalue weighted by molar-refractivity contribution is 0.122. The quantitative estimate of drug-likeness (QED) is 0.512. The fourth-order valence-corrected chi connectivity index (χ4v) is 5.95. The van der Waals surface area contributed by atoms with Gasteiger partial charge in [0.05, 0.1) is 34.8 Å². The van der Waals surface area contributed by atoms with Crippen LogP contribution in [0.5, 0.6) is 0 Å². The third kappa shape index (κ3) is 3.85. The van der Waals surface area contributed by atoms with Gasteiger partial charge in [0, 0.05) is 35.5 Å². The summed E-state index contributed by atoms with van der Waals surface area (Å²) in [4.78, 5) is 10.4. The number of morpholine rings is 1. The summed E-state index contributed by atoms with van der Waals surface area (Å²) >= 11 is 11.1. The van der Waals surface area contributed by atoms with E-state index < -0.39 is 0 Å². The molecule has 2 fully saturated rings. The zero-order chi connectivity index (χ0) is 20.5. The number of nitrogens with one attached hydrogen (secondary N) is 1.